The summed E-state index contributed by atoms with van der Waals surface area (Å²) in [5, 5.41) is 5.73. The standard InChI is InChI=1S/C12H16N4O/c13-12(15-9-5-2-1-3-6-9)16-10-7-4-8-14-11(10)17/h1-3,5-6,10H,4,7-8H2,(H,14,17)(H3,13,15,16). The van der Waals surface area contributed by atoms with Crippen LogP contribution < -0.4 is 16.4 Å². The average molecular weight is 232 g/mol. The minimum Gasteiger partial charge on any atom is -0.370 e. The van der Waals surface area contributed by atoms with Gasteiger partial charge in [-0.05, 0) is 25.0 Å². The van der Waals surface area contributed by atoms with Crippen molar-refractivity contribution in [1.82, 2.24) is 5.32 Å². The number of nitrogens with zero attached hydrogens (tertiary/aromatic N) is 1. The maximum atomic E-state index is 11.5. The number of benzene rings is 1. The van der Waals surface area contributed by atoms with Crippen LogP contribution in [0.3, 0.4) is 0 Å². The quantitative estimate of drug-likeness (QED) is 0.518. The molecule has 5 nitrogen and oxygen atoms in total. The van der Waals surface area contributed by atoms with E-state index in [1.807, 2.05) is 30.3 Å². The number of piperidine rings is 1. The maximum absolute atomic E-state index is 11.5. The first kappa shape index (κ1) is 11.4. The molecule has 1 amide bonds. The van der Waals surface area contributed by atoms with Crippen molar-refractivity contribution < 1.29 is 4.79 Å². The third-order valence-corrected chi connectivity index (χ3v) is 2.60. The molecule has 1 aromatic carbocycles. The molecule has 4 N–H and O–H groups in total. The molecule has 0 spiro atoms. The predicted octanol–water partition coefficient (Wildman–Crippen LogP) is 0.692. The molecule has 5 heteroatoms. The van der Waals surface area contributed by atoms with Crippen molar-refractivity contribution in [3.8, 4) is 0 Å². The average Bonchev–Trinajstić information content (AvgIpc) is 2.33. The lowest BCUT2D eigenvalue weighted by Gasteiger charge is -2.19. The number of nitrogens with one attached hydrogen (secondary N) is 2. The van der Waals surface area contributed by atoms with Crippen molar-refractivity contribution in [2.24, 2.45) is 10.7 Å². The first-order valence-electron chi connectivity index (χ1n) is 5.69. The number of guanidine groups is 1. The van der Waals surface area contributed by atoms with Crippen molar-refractivity contribution >= 4 is 17.6 Å². The molecule has 1 atom stereocenters. The van der Waals surface area contributed by atoms with Crippen molar-refractivity contribution in [2.75, 3.05) is 11.9 Å². The molecule has 1 aromatic rings. The van der Waals surface area contributed by atoms with Gasteiger partial charge in [-0.1, -0.05) is 18.2 Å². The number of hydrogen-bond donors (Lipinski definition) is 3. The van der Waals surface area contributed by atoms with Gasteiger partial charge in [-0.15, -0.1) is 0 Å². The second-order valence-corrected chi connectivity index (χ2v) is 3.95. The number of hydrogen-bond acceptors (Lipinski definition) is 2. The van der Waals surface area contributed by atoms with Crippen LogP contribution in [0.5, 0.6) is 0 Å². The normalized spacial score (nSPS) is 20.8. The SMILES string of the molecule is NC(=NC1CCCNC1=O)Nc1ccccc1. The molecule has 90 valence electrons. The van der Waals surface area contributed by atoms with E-state index in [2.05, 4.69) is 15.6 Å². The predicted molar refractivity (Wildman–Crippen MR) is 67.7 cm³/mol. The van der Waals surface area contributed by atoms with Gasteiger partial charge in [0, 0.05) is 12.2 Å². The molecule has 0 saturated carbocycles. The van der Waals surface area contributed by atoms with Crippen LogP contribution in [0.1, 0.15) is 12.8 Å². The lowest BCUT2D eigenvalue weighted by atomic mass is 10.1. The van der Waals surface area contributed by atoms with Gasteiger partial charge in [-0.2, -0.15) is 0 Å². The third-order valence-electron chi connectivity index (χ3n) is 2.60. The largest absolute Gasteiger partial charge is 0.370 e. The smallest absolute Gasteiger partial charge is 0.244 e. The van der Waals surface area contributed by atoms with Gasteiger partial charge in [-0.25, -0.2) is 4.99 Å². The molecule has 1 fully saturated rings. The van der Waals surface area contributed by atoms with Crippen LogP contribution in [0, 0.1) is 0 Å². The maximum Gasteiger partial charge on any atom is 0.244 e. The van der Waals surface area contributed by atoms with Crippen molar-refractivity contribution in [3.05, 3.63) is 30.3 Å². The molecule has 1 heterocycles. The highest BCUT2D eigenvalue weighted by atomic mass is 16.2. The fraction of sp³-hybridized carbons (Fsp3) is 0.333. The molecule has 0 aromatic heterocycles. The highest BCUT2D eigenvalue weighted by molar-refractivity contribution is 5.94. The number of aliphatic imine (C=N–C) groups is 1. The van der Waals surface area contributed by atoms with E-state index in [1.54, 1.807) is 0 Å². The van der Waals surface area contributed by atoms with E-state index in [0.717, 1.165) is 25.1 Å². The summed E-state index contributed by atoms with van der Waals surface area (Å²) in [7, 11) is 0. The number of para-hydroxylation sites is 1. The van der Waals surface area contributed by atoms with Crippen LogP contribution in [0.2, 0.25) is 0 Å². The van der Waals surface area contributed by atoms with Crippen LogP contribution in [0.15, 0.2) is 35.3 Å². The zero-order valence-electron chi connectivity index (χ0n) is 9.52. The van der Waals surface area contributed by atoms with Gasteiger partial charge in [0.1, 0.15) is 6.04 Å². The summed E-state index contributed by atoms with van der Waals surface area (Å²) >= 11 is 0. The van der Waals surface area contributed by atoms with Gasteiger partial charge in [0.2, 0.25) is 5.91 Å². The number of carbonyl (C=O) groups is 1. The Morgan fingerprint density at radius 1 is 1.41 bits per heavy atom. The molecule has 1 saturated heterocycles. The van der Waals surface area contributed by atoms with Gasteiger partial charge >= 0.3 is 0 Å². The highest BCUT2D eigenvalue weighted by Crippen LogP contribution is 2.08. The van der Waals surface area contributed by atoms with Gasteiger partial charge in [0.25, 0.3) is 0 Å². The van der Waals surface area contributed by atoms with Crippen LogP contribution in [0.4, 0.5) is 5.69 Å². The summed E-state index contributed by atoms with van der Waals surface area (Å²) in [6.45, 7) is 0.733. The van der Waals surface area contributed by atoms with Gasteiger partial charge in [0.15, 0.2) is 5.96 Å². The lowest BCUT2D eigenvalue weighted by molar-refractivity contribution is -0.123. The second kappa shape index (κ2) is 5.34. The zero-order chi connectivity index (χ0) is 12.1. The molecule has 17 heavy (non-hydrogen) atoms. The Morgan fingerprint density at radius 3 is 2.88 bits per heavy atom. The second-order valence-electron chi connectivity index (χ2n) is 3.95. The minimum atomic E-state index is -0.361. The van der Waals surface area contributed by atoms with E-state index in [1.165, 1.54) is 0 Å². The van der Waals surface area contributed by atoms with Gasteiger partial charge < -0.3 is 16.4 Å². The minimum absolute atomic E-state index is 0.0472. The Hall–Kier alpha value is -2.04. The number of nitrogens with two attached hydrogens (primary N) is 1. The molecule has 0 radical (unpaired) electrons. The molecule has 1 aliphatic rings. The first-order valence-corrected chi connectivity index (χ1v) is 5.69. The molecular formula is C12H16N4O. The molecule has 0 bridgehead atoms. The fourth-order valence-electron chi connectivity index (χ4n) is 1.75. The van der Waals surface area contributed by atoms with E-state index >= 15 is 0 Å². The summed E-state index contributed by atoms with van der Waals surface area (Å²) < 4.78 is 0. The Morgan fingerprint density at radius 2 is 2.18 bits per heavy atom. The van der Waals surface area contributed by atoms with E-state index in [0.29, 0.717) is 0 Å². The van der Waals surface area contributed by atoms with E-state index in [4.69, 9.17) is 5.73 Å². The topological polar surface area (TPSA) is 79.5 Å². The molecule has 0 aliphatic carbocycles. The summed E-state index contributed by atoms with van der Waals surface area (Å²) in [6.07, 6.45) is 1.70. The van der Waals surface area contributed by atoms with E-state index in [-0.39, 0.29) is 17.9 Å². The van der Waals surface area contributed by atoms with Crippen LogP contribution in [-0.4, -0.2) is 24.5 Å². The molecule has 1 unspecified atom stereocenters. The summed E-state index contributed by atoms with van der Waals surface area (Å²) in [5.74, 6) is 0.229. The third kappa shape index (κ3) is 3.21. The molecule has 1 aliphatic heterocycles. The van der Waals surface area contributed by atoms with E-state index in [9.17, 15) is 4.79 Å². The lowest BCUT2D eigenvalue weighted by Crippen LogP contribution is -2.40. The Bertz CT molecular complexity index is 416. The van der Waals surface area contributed by atoms with Gasteiger partial charge in [-0.3, -0.25) is 4.79 Å². The fourth-order valence-corrected chi connectivity index (χ4v) is 1.75. The zero-order valence-corrected chi connectivity index (χ0v) is 9.52. The van der Waals surface area contributed by atoms with Crippen LogP contribution in [0.25, 0.3) is 0 Å². The Balaban J connectivity index is 1.99. The Labute approximate surface area is 100 Å². The Kier molecular flexibility index (Phi) is 3.59. The molecular weight excluding hydrogens is 216 g/mol. The highest BCUT2D eigenvalue weighted by Gasteiger charge is 2.21. The van der Waals surface area contributed by atoms with E-state index < -0.39 is 0 Å². The summed E-state index contributed by atoms with van der Waals surface area (Å²) in [5.41, 5.74) is 6.62. The number of rotatable bonds is 2. The summed E-state index contributed by atoms with van der Waals surface area (Å²) in [4.78, 5) is 15.7. The van der Waals surface area contributed by atoms with Gasteiger partial charge in [0.05, 0.1) is 0 Å². The van der Waals surface area contributed by atoms with Crippen LogP contribution in [-0.2, 0) is 4.79 Å². The number of anilines is 1. The van der Waals surface area contributed by atoms with Crippen molar-refractivity contribution in [3.63, 3.8) is 0 Å². The number of carbonyl (C=O) groups excluding carboxylic acids is 1. The van der Waals surface area contributed by atoms with Crippen molar-refractivity contribution in [1.29, 1.82) is 0 Å². The molecule has 2 rings (SSSR count). The number of amides is 1. The summed E-state index contributed by atoms with van der Waals surface area (Å²) in [6, 6.07) is 9.16. The van der Waals surface area contributed by atoms with Crippen molar-refractivity contribution in [2.45, 2.75) is 18.9 Å². The first-order chi connectivity index (χ1) is 8.25. The van der Waals surface area contributed by atoms with Crippen LogP contribution >= 0.6 is 0 Å². The monoisotopic (exact) mass is 232 g/mol.